The first-order valence-electron chi connectivity index (χ1n) is 4.13. The molecule has 0 unspecified atom stereocenters. The van der Waals surface area contributed by atoms with Gasteiger partial charge in [0.1, 0.15) is 12.7 Å². The fraction of sp³-hybridized carbons (Fsp3) is 1.00. The van der Waals surface area contributed by atoms with E-state index in [1.807, 2.05) is 0 Å². The topological polar surface area (TPSA) is 15.3 Å². The van der Waals surface area contributed by atoms with Crippen molar-refractivity contribution in [3.05, 3.63) is 0 Å². The summed E-state index contributed by atoms with van der Waals surface area (Å²) in [7, 11) is 0. The average molecular weight is 200 g/mol. The number of halogens is 4. The Balaban J connectivity index is 2.54. The molecule has 0 amide bonds. The Morgan fingerprint density at radius 3 is 2.15 bits per heavy atom. The zero-order chi connectivity index (χ0) is 9.90. The second kappa shape index (κ2) is 4.23. The number of hydrogen-bond donors (Lipinski definition) is 1. The number of rotatable bonds is 2. The Bertz CT molecular complexity index is 153. The summed E-state index contributed by atoms with van der Waals surface area (Å²) in [6.07, 6.45) is -4.45. The summed E-state index contributed by atoms with van der Waals surface area (Å²) in [6, 6.07) is -1.92. The maximum atomic E-state index is 12.2. The molecule has 0 aromatic heterocycles. The summed E-state index contributed by atoms with van der Waals surface area (Å²) in [5, 5.41) is 2.91. The highest BCUT2D eigenvalue weighted by Gasteiger charge is 2.43. The van der Waals surface area contributed by atoms with E-state index in [4.69, 9.17) is 0 Å². The molecule has 0 spiro atoms. The lowest BCUT2D eigenvalue weighted by Crippen LogP contribution is -2.54. The maximum Gasteiger partial charge on any atom is 0.406 e. The molecule has 1 fully saturated rings. The van der Waals surface area contributed by atoms with Gasteiger partial charge in [-0.3, -0.25) is 4.90 Å². The van der Waals surface area contributed by atoms with Crippen molar-refractivity contribution < 1.29 is 17.6 Å². The van der Waals surface area contributed by atoms with Crippen LogP contribution >= 0.6 is 0 Å². The van der Waals surface area contributed by atoms with E-state index in [-0.39, 0.29) is 13.1 Å². The van der Waals surface area contributed by atoms with Crippen LogP contribution in [0.15, 0.2) is 0 Å². The Morgan fingerprint density at radius 2 is 1.77 bits per heavy atom. The van der Waals surface area contributed by atoms with Gasteiger partial charge in [0.05, 0.1) is 0 Å². The van der Waals surface area contributed by atoms with Gasteiger partial charge in [0.15, 0.2) is 0 Å². The molecule has 6 heteroatoms. The lowest BCUT2D eigenvalue weighted by atomic mass is 10.2. The van der Waals surface area contributed by atoms with E-state index in [0.29, 0.717) is 13.1 Å². The first-order chi connectivity index (χ1) is 6.05. The van der Waals surface area contributed by atoms with Crippen LogP contribution in [0.2, 0.25) is 0 Å². The highest BCUT2D eigenvalue weighted by Crippen LogP contribution is 2.25. The van der Waals surface area contributed by atoms with E-state index in [1.54, 1.807) is 0 Å². The molecule has 0 aromatic carbocycles. The molecule has 1 aliphatic rings. The van der Waals surface area contributed by atoms with Crippen LogP contribution in [-0.4, -0.2) is 50.0 Å². The molecule has 0 aromatic rings. The predicted molar refractivity (Wildman–Crippen MR) is 40.3 cm³/mol. The minimum atomic E-state index is -4.45. The zero-order valence-electron chi connectivity index (χ0n) is 7.07. The summed E-state index contributed by atoms with van der Waals surface area (Å²) in [6.45, 7) is 0.144. The third-order valence-corrected chi connectivity index (χ3v) is 2.12. The van der Waals surface area contributed by atoms with Crippen LogP contribution < -0.4 is 5.32 Å². The molecule has 1 N–H and O–H groups in total. The molecule has 1 atom stereocenters. The van der Waals surface area contributed by atoms with E-state index < -0.39 is 18.9 Å². The molecule has 0 bridgehead atoms. The first kappa shape index (κ1) is 10.7. The van der Waals surface area contributed by atoms with E-state index >= 15 is 0 Å². The van der Waals surface area contributed by atoms with Gasteiger partial charge in [0.25, 0.3) is 0 Å². The van der Waals surface area contributed by atoms with Gasteiger partial charge in [-0.1, -0.05) is 0 Å². The van der Waals surface area contributed by atoms with Crippen LogP contribution in [0.1, 0.15) is 0 Å². The lowest BCUT2D eigenvalue weighted by Gasteiger charge is -2.34. The number of nitrogens with zero attached hydrogens (tertiary/aromatic N) is 1. The van der Waals surface area contributed by atoms with Gasteiger partial charge in [-0.05, 0) is 0 Å². The van der Waals surface area contributed by atoms with Gasteiger partial charge in [-0.15, -0.1) is 0 Å². The van der Waals surface area contributed by atoms with Crippen LogP contribution in [0.3, 0.4) is 0 Å². The highest BCUT2D eigenvalue weighted by atomic mass is 19.4. The van der Waals surface area contributed by atoms with Crippen LogP contribution in [0.25, 0.3) is 0 Å². The van der Waals surface area contributed by atoms with Gasteiger partial charge in [0.2, 0.25) is 0 Å². The van der Waals surface area contributed by atoms with E-state index in [2.05, 4.69) is 5.32 Å². The SMILES string of the molecule is FC[C@H](N1CCNCC1)C(F)(F)F. The van der Waals surface area contributed by atoms with Crippen molar-refractivity contribution >= 4 is 0 Å². The fourth-order valence-corrected chi connectivity index (χ4v) is 1.39. The number of hydrogen-bond acceptors (Lipinski definition) is 2. The smallest absolute Gasteiger partial charge is 0.314 e. The monoisotopic (exact) mass is 200 g/mol. The summed E-state index contributed by atoms with van der Waals surface area (Å²) in [4.78, 5) is 1.14. The summed E-state index contributed by atoms with van der Waals surface area (Å²) in [5.74, 6) is 0. The number of piperazine rings is 1. The third kappa shape index (κ3) is 2.80. The minimum absolute atomic E-state index is 0.258. The minimum Gasteiger partial charge on any atom is -0.314 e. The summed E-state index contributed by atoms with van der Waals surface area (Å²) >= 11 is 0. The Morgan fingerprint density at radius 1 is 1.23 bits per heavy atom. The van der Waals surface area contributed by atoms with Crippen LogP contribution in [-0.2, 0) is 0 Å². The van der Waals surface area contributed by atoms with Gasteiger partial charge in [-0.25, -0.2) is 4.39 Å². The Kier molecular flexibility index (Phi) is 3.49. The highest BCUT2D eigenvalue weighted by molar-refractivity contribution is 4.81. The second-order valence-electron chi connectivity index (χ2n) is 3.00. The van der Waals surface area contributed by atoms with Gasteiger partial charge in [-0.2, -0.15) is 13.2 Å². The van der Waals surface area contributed by atoms with Crippen LogP contribution in [0.5, 0.6) is 0 Å². The first-order valence-corrected chi connectivity index (χ1v) is 4.13. The molecule has 0 saturated carbocycles. The second-order valence-corrected chi connectivity index (χ2v) is 3.00. The molecular formula is C7H12F4N2. The van der Waals surface area contributed by atoms with Crippen molar-refractivity contribution in [2.24, 2.45) is 0 Å². The van der Waals surface area contributed by atoms with Gasteiger partial charge >= 0.3 is 6.18 Å². The standard InChI is InChI=1S/C7H12F4N2/c8-5-6(7(9,10)11)13-3-1-12-2-4-13/h6,12H,1-5H2/t6-/m0/s1. The fourth-order valence-electron chi connectivity index (χ4n) is 1.39. The van der Waals surface area contributed by atoms with E-state index in [0.717, 1.165) is 4.90 Å². The molecule has 1 heterocycles. The average Bonchev–Trinajstić information content (AvgIpc) is 2.05. The van der Waals surface area contributed by atoms with Crippen LogP contribution in [0, 0.1) is 0 Å². The van der Waals surface area contributed by atoms with Crippen molar-refractivity contribution in [1.29, 1.82) is 0 Å². The number of nitrogens with one attached hydrogen (secondary N) is 1. The predicted octanol–water partition coefficient (Wildman–Crippen LogP) is 0.792. The number of alkyl halides is 4. The van der Waals surface area contributed by atoms with Crippen LogP contribution in [0.4, 0.5) is 17.6 Å². The molecule has 78 valence electrons. The molecule has 0 aliphatic carbocycles. The molecule has 0 radical (unpaired) electrons. The summed E-state index contributed by atoms with van der Waals surface area (Å²) in [5.41, 5.74) is 0. The van der Waals surface area contributed by atoms with Crippen molar-refractivity contribution in [3.63, 3.8) is 0 Å². The van der Waals surface area contributed by atoms with Crippen molar-refractivity contribution in [3.8, 4) is 0 Å². The maximum absolute atomic E-state index is 12.2. The van der Waals surface area contributed by atoms with Crippen molar-refractivity contribution in [2.45, 2.75) is 12.2 Å². The molecule has 1 saturated heterocycles. The van der Waals surface area contributed by atoms with E-state index in [9.17, 15) is 17.6 Å². The van der Waals surface area contributed by atoms with E-state index in [1.165, 1.54) is 0 Å². The van der Waals surface area contributed by atoms with Gasteiger partial charge in [0, 0.05) is 26.2 Å². The van der Waals surface area contributed by atoms with Crippen molar-refractivity contribution in [2.75, 3.05) is 32.9 Å². The Labute approximate surface area is 73.9 Å². The lowest BCUT2D eigenvalue weighted by molar-refractivity contribution is -0.188. The normalized spacial score (nSPS) is 23.1. The molecule has 1 rings (SSSR count). The third-order valence-electron chi connectivity index (χ3n) is 2.12. The molecular weight excluding hydrogens is 188 g/mol. The molecule has 2 nitrogen and oxygen atoms in total. The van der Waals surface area contributed by atoms with Gasteiger partial charge < -0.3 is 5.32 Å². The zero-order valence-corrected chi connectivity index (χ0v) is 7.07. The van der Waals surface area contributed by atoms with Crippen molar-refractivity contribution in [1.82, 2.24) is 10.2 Å². The quantitative estimate of drug-likeness (QED) is 0.663. The molecule has 13 heavy (non-hydrogen) atoms. The largest absolute Gasteiger partial charge is 0.406 e. The molecule has 1 aliphatic heterocycles. The Hall–Kier alpha value is -0.360. The summed E-state index contributed by atoms with van der Waals surface area (Å²) < 4.78 is 48.8.